The number of carbonyl (C=O) groups excluding carboxylic acids is 1. The summed E-state index contributed by atoms with van der Waals surface area (Å²) in [5.74, 6) is 0.786. The molecule has 158 valence electrons. The number of carbonyl (C=O) groups is 1. The molecule has 2 aromatic heterocycles. The van der Waals surface area contributed by atoms with Crippen LogP contribution >= 0.6 is 0 Å². The number of aromatic nitrogens is 3. The second-order valence-corrected chi connectivity index (χ2v) is 10.1. The molecule has 0 spiro atoms. The minimum Gasteiger partial charge on any atom is -0.353 e. The van der Waals surface area contributed by atoms with Crippen molar-refractivity contribution in [3.63, 3.8) is 0 Å². The van der Waals surface area contributed by atoms with Crippen LogP contribution in [-0.2, 0) is 17.6 Å². The fourth-order valence-corrected chi connectivity index (χ4v) is 5.26. The second kappa shape index (κ2) is 7.29. The third-order valence-electron chi connectivity index (χ3n) is 7.22. The maximum atomic E-state index is 12.7. The van der Waals surface area contributed by atoms with Crippen molar-refractivity contribution >= 4 is 22.5 Å². The Morgan fingerprint density at radius 3 is 2.83 bits per heavy atom. The van der Waals surface area contributed by atoms with E-state index in [1.165, 1.54) is 43.4 Å². The highest BCUT2D eigenvalue weighted by molar-refractivity contribution is 5.96. The lowest BCUT2D eigenvalue weighted by Crippen LogP contribution is -2.27. The van der Waals surface area contributed by atoms with Crippen molar-refractivity contribution in [1.29, 1.82) is 0 Å². The fourth-order valence-electron chi connectivity index (χ4n) is 5.26. The Hall–Kier alpha value is -2.56. The molecule has 2 aliphatic carbocycles. The minimum absolute atomic E-state index is 0.219. The summed E-state index contributed by atoms with van der Waals surface area (Å²) in [5.41, 5.74) is 7.06. The summed E-state index contributed by atoms with van der Waals surface area (Å²) >= 11 is 0. The third kappa shape index (κ3) is 3.55. The molecule has 5 rings (SSSR count). The highest BCUT2D eigenvalue weighted by Crippen LogP contribution is 2.38. The first-order valence-corrected chi connectivity index (χ1v) is 11.4. The van der Waals surface area contributed by atoms with Crippen molar-refractivity contribution in [1.82, 2.24) is 15.2 Å². The van der Waals surface area contributed by atoms with Gasteiger partial charge in [0.1, 0.15) is 5.69 Å². The van der Waals surface area contributed by atoms with Gasteiger partial charge in [-0.05, 0) is 61.6 Å². The first-order chi connectivity index (χ1) is 14.4. The largest absolute Gasteiger partial charge is 0.353 e. The topological polar surface area (TPSA) is 64.8 Å². The maximum absolute atomic E-state index is 12.7. The van der Waals surface area contributed by atoms with Crippen LogP contribution < -0.4 is 4.90 Å². The van der Waals surface area contributed by atoms with E-state index >= 15 is 0 Å². The Morgan fingerprint density at radius 1 is 1.23 bits per heavy atom. The molecule has 0 atom stereocenters. The van der Waals surface area contributed by atoms with Gasteiger partial charge < -0.3 is 9.88 Å². The number of anilines is 1. The lowest BCUT2D eigenvalue weighted by Gasteiger charge is -2.28. The van der Waals surface area contributed by atoms with Gasteiger partial charge in [0.05, 0.1) is 5.69 Å². The van der Waals surface area contributed by atoms with Crippen molar-refractivity contribution in [2.45, 2.75) is 65.2 Å². The van der Waals surface area contributed by atoms with Gasteiger partial charge in [0.25, 0.3) is 0 Å². The van der Waals surface area contributed by atoms with Gasteiger partial charge in [-0.1, -0.05) is 32.8 Å². The van der Waals surface area contributed by atoms with Gasteiger partial charge in [-0.25, -0.2) is 0 Å². The van der Waals surface area contributed by atoms with Gasteiger partial charge >= 0.3 is 0 Å². The number of H-pyrrole nitrogens is 2. The molecule has 2 aliphatic rings. The Bertz CT molecular complexity index is 1080. The van der Waals surface area contributed by atoms with Gasteiger partial charge in [-0.2, -0.15) is 5.10 Å². The van der Waals surface area contributed by atoms with Crippen LogP contribution in [0.4, 0.5) is 5.69 Å². The van der Waals surface area contributed by atoms with Gasteiger partial charge in [0.2, 0.25) is 5.91 Å². The van der Waals surface area contributed by atoms with Gasteiger partial charge in [-0.15, -0.1) is 0 Å². The average Bonchev–Trinajstić information content (AvgIpc) is 3.44. The van der Waals surface area contributed by atoms with E-state index in [1.54, 1.807) is 0 Å². The summed E-state index contributed by atoms with van der Waals surface area (Å²) in [5, 5.41) is 9.08. The Morgan fingerprint density at radius 2 is 2.03 bits per heavy atom. The summed E-state index contributed by atoms with van der Waals surface area (Å²) in [6, 6.07) is 8.42. The highest BCUT2D eigenvalue weighted by Gasteiger charge is 2.29. The summed E-state index contributed by atoms with van der Waals surface area (Å²) in [7, 11) is 1.90. The molecular weight excluding hydrogens is 372 g/mol. The molecule has 2 N–H and O–H groups in total. The molecular formula is C25H32N4O. The zero-order chi connectivity index (χ0) is 20.9. The van der Waals surface area contributed by atoms with Crippen molar-refractivity contribution in [3.8, 4) is 11.4 Å². The van der Waals surface area contributed by atoms with Crippen molar-refractivity contribution < 1.29 is 4.79 Å². The van der Waals surface area contributed by atoms with Crippen LogP contribution in [0.25, 0.3) is 22.3 Å². The molecule has 3 aromatic rings. The van der Waals surface area contributed by atoms with Crippen LogP contribution in [0.1, 0.15) is 63.6 Å². The molecule has 0 radical (unpaired) electrons. The molecule has 1 fully saturated rings. The van der Waals surface area contributed by atoms with Crippen LogP contribution in [0.15, 0.2) is 24.3 Å². The quantitative estimate of drug-likeness (QED) is 0.593. The molecule has 1 amide bonds. The average molecular weight is 405 g/mol. The predicted octanol–water partition coefficient (Wildman–Crippen LogP) is 5.62. The van der Waals surface area contributed by atoms with E-state index in [4.69, 9.17) is 0 Å². The maximum Gasteiger partial charge on any atom is 0.226 e. The van der Waals surface area contributed by atoms with Crippen LogP contribution in [-0.4, -0.2) is 28.1 Å². The Kier molecular flexibility index (Phi) is 4.72. The van der Waals surface area contributed by atoms with E-state index < -0.39 is 0 Å². The number of hydrogen-bond acceptors (Lipinski definition) is 2. The smallest absolute Gasteiger partial charge is 0.226 e. The summed E-state index contributed by atoms with van der Waals surface area (Å²) in [6.07, 6.45) is 8.90. The molecule has 0 bridgehead atoms. The number of fused-ring (bicyclic) bond motifs is 2. The summed E-state index contributed by atoms with van der Waals surface area (Å²) in [6.45, 7) is 4.65. The molecule has 30 heavy (non-hydrogen) atoms. The first kappa shape index (κ1) is 19.4. The van der Waals surface area contributed by atoms with Crippen molar-refractivity contribution in [2.75, 3.05) is 11.9 Å². The monoisotopic (exact) mass is 404 g/mol. The summed E-state index contributed by atoms with van der Waals surface area (Å²) < 4.78 is 0. The first-order valence-electron chi connectivity index (χ1n) is 11.4. The van der Waals surface area contributed by atoms with Crippen molar-refractivity contribution in [3.05, 3.63) is 35.5 Å². The number of nitrogens with one attached hydrogen (secondary N) is 2. The molecule has 0 saturated heterocycles. The number of rotatable bonds is 4. The van der Waals surface area contributed by atoms with Crippen molar-refractivity contribution in [2.24, 2.45) is 11.3 Å². The lowest BCUT2D eigenvalue weighted by atomic mass is 9.76. The molecule has 1 aromatic carbocycles. The van der Waals surface area contributed by atoms with Crippen LogP contribution in [0.3, 0.4) is 0 Å². The molecule has 1 saturated carbocycles. The van der Waals surface area contributed by atoms with Gasteiger partial charge in [0, 0.05) is 41.3 Å². The predicted molar refractivity (Wildman–Crippen MR) is 122 cm³/mol. The normalized spacial score (nSPS) is 18.6. The second-order valence-electron chi connectivity index (χ2n) is 10.1. The number of amides is 1. The Labute approximate surface area is 178 Å². The van der Waals surface area contributed by atoms with E-state index in [0.29, 0.717) is 17.8 Å². The zero-order valence-electron chi connectivity index (χ0n) is 18.3. The number of aromatic amines is 2. The highest BCUT2D eigenvalue weighted by atomic mass is 16.2. The van der Waals surface area contributed by atoms with Crippen LogP contribution in [0.2, 0.25) is 0 Å². The zero-order valence-corrected chi connectivity index (χ0v) is 18.3. The van der Waals surface area contributed by atoms with E-state index in [2.05, 4.69) is 53.3 Å². The third-order valence-corrected chi connectivity index (χ3v) is 7.22. The Balaban J connectivity index is 1.40. The number of benzene rings is 1. The van der Waals surface area contributed by atoms with E-state index in [1.807, 2.05) is 11.9 Å². The van der Waals surface area contributed by atoms with Gasteiger partial charge in [0.15, 0.2) is 0 Å². The SMILES string of the molecule is CN(C(=O)CC1CCCC1)c1ccc2cc(-c3n[nH]c4c3CCC(C)(C)C4)[nH]c2c1. The fraction of sp³-hybridized carbons (Fsp3) is 0.520. The molecule has 0 aliphatic heterocycles. The number of nitrogens with zero attached hydrogens (tertiary/aromatic N) is 2. The standard InChI is InChI=1S/C25H32N4O/c1-25(2)11-10-19-22(15-25)27-28-24(19)21-13-17-8-9-18(14-20(17)26-21)29(3)23(30)12-16-6-4-5-7-16/h8-9,13-14,16,26H,4-7,10-12,15H2,1-3H3,(H,27,28). The lowest BCUT2D eigenvalue weighted by molar-refractivity contribution is -0.119. The van der Waals surface area contributed by atoms with Gasteiger partial charge in [-0.3, -0.25) is 9.89 Å². The molecule has 0 unspecified atom stereocenters. The molecule has 2 heterocycles. The number of hydrogen-bond donors (Lipinski definition) is 2. The minimum atomic E-state index is 0.219. The molecule has 5 heteroatoms. The van der Waals surface area contributed by atoms with E-state index in [9.17, 15) is 4.79 Å². The van der Waals surface area contributed by atoms with Crippen LogP contribution in [0, 0.1) is 11.3 Å². The van der Waals surface area contributed by atoms with E-state index in [0.717, 1.165) is 40.8 Å². The van der Waals surface area contributed by atoms with E-state index in [-0.39, 0.29) is 5.91 Å². The summed E-state index contributed by atoms with van der Waals surface area (Å²) in [4.78, 5) is 18.1. The molecule has 5 nitrogen and oxygen atoms in total. The van der Waals surface area contributed by atoms with Crippen LogP contribution in [0.5, 0.6) is 0 Å².